The van der Waals surface area contributed by atoms with Crippen molar-refractivity contribution in [1.82, 2.24) is 0 Å². The largest absolute Gasteiger partial charge is 0.469 e. The predicted octanol–water partition coefficient (Wildman–Crippen LogP) is 6.53. The van der Waals surface area contributed by atoms with Gasteiger partial charge in [0.2, 0.25) is 0 Å². The van der Waals surface area contributed by atoms with Gasteiger partial charge in [-0.05, 0) is 49.5 Å². The molecule has 0 bridgehead atoms. The SMILES string of the molecule is CCCCCC(O)/C=C/[C@H]1C(c2ccccc2)C[C@H](F)[C@@H]1C/C=C/CCCC(=O)OC. The summed E-state index contributed by atoms with van der Waals surface area (Å²) in [7, 11) is 1.40. The number of carbonyl (C=O) groups excluding carboxylic acids is 1. The van der Waals surface area contributed by atoms with E-state index in [0.29, 0.717) is 19.3 Å². The topological polar surface area (TPSA) is 46.5 Å². The molecule has 2 unspecified atom stereocenters. The minimum absolute atomic E-state index is 0.0675. The first kappa shape index (κ1) is 25.3. The first-order chi connectivity index (χ1) is 15.1. The molecule has 31 heavy (non-hydrogen) atoms. The molecule has 0 radical (unpaired) electrons. The Morgan fingerprint density at radius 3 is 2.71 bits per heavy atom. The van der Waals surface area contributed by atoms with Crippen LogP contribution in [0.15, 0.2) is 54.6 Å². The Morgan fingerprint density at radius 2 is 2.00 bits per heavy atom. The van der Waals surface area contributed by atoms with E-state index in [1.54, 1.807) is 0 Å². The number of hydrogen-bond acceptors (Lipinski definition) is 3. The van der Waals surface area contributed by atoms with Gasteiger partial charge in [-0.15, -0.1) is 0 Å². The minimum Gasteiger partial charge on any atom is -0.469 e. The van der Waals surface area contributed by atoms with Crippen LogP contribution in [0.3, 0.4) is 0 Å². The summed E-state index contributed by atoms with van der Waals surface area (Å²) < 4.78 is 19.7. The van der Waals surface area contributed by atoms with Gasteiger partial charge >= 0.3 is 5.97 Å². The van der Waals surface area contributed by atoms with Crippen LogP contribution in [0, 0.1) is 11.8 Å². The molecular weight excluding hydrogens is 391 g/mol. The second-order valence-corrected chi connectivity index (χ2v) is 8.63. The van der Waals surface area contributed by atoms with E-state index in [0.717, 1.165) is 38.5 Å². The third-order valence-electron chi connectivity index (χ3n) is 6.34. The van der Waals surface area contributed by atoms with Crippen LogP contribution in [0.1, 0.15) is 76.2 Å². The van der Waals surface area contributed by atoms with E-state index in [-0.39, 0.29) is 23.7 Å². The molecule has 1 N–H and O–H groups in total. The molecule has 5 atom stereocenters. The highest BCUT2D eigenvalue weighted by atomic mass is 19.1. The number of alkyl halides is 1. The van der Waals surface area contributed by atoms with E-state index >= 15 is 4.39 Å². The summed E-state index contributed by atoms with van der Waals surface area (Å²) in [5.41, 5.74) is 1.17. The number of aliphatic hydroxyl groups excluding tert-OH is 1. The fourth-order valence-electron chi connectivity index (χ4n) is 4.55. The molecule has 1 aliphatic rings. The molecule has 4 heteroatoms. The number of methoxy groups -OCH3 is 1. The summed E-state index contributed by atoms with van der Waals surface area (Å²) in [6.07, 6.45) is 13.9. The lowest BCUT2D eigenvalue weighted by Gasteiger charge is -2.22. The molecule has 0 spiro atoms. The fraction of sp³-hybridized carbons (Fsp3) is 0.593. The number of benzene rings is 1. The number of unbranched alkanes of at least 4 members (excludes halogenated alkanes) is 3. The maximum absolute atomic E-state index is 15.1. The standard InChI is InChI=1S/C27H39FO3/c1-3-4-8-15-22(29)18-19-23-24(16-11-5-6-12-17-27(30)31-2)26(28)20-25(23)21-13-9-7-10-14-21/h5,7,9-11,13-14,18-19,22-26,29H,3-4,6,8,12,15-17,20H2,1-2H3/b11-5+,19-18+/t22?,23-,24-,25?,26+/m1/s1. The van der Waals surface area contributed by atoms with Gasteiger partial charge in [-0.2, -0.15) is 0 Å². The van der Waals surface area contributed by atoms with Gasteiger partial charge in [-0.1, -0.05) is 80.8 Å². The quantitative estimate of drug-likeness (QED) is 0.220. The maximum Gasteiger partial charge on any atom is 0.305 e. The zero-order chi connectivity index (χ0) is 22.5. The van der Waals surface area contributed by atoms with Crippen molar-refractivity contribution in [2.24, 2.45) is 11.8 Å². The molecule has 0 aromatic heterocycles. The summed E-state index contributed by atoms with van der Waals surface area (Å²) >= 11 is 0. The van der Waals surface area contributed by atoms with Crippen LogP contribution in [-0.2, 0) is 9.53 Å². The second kappa shape index (κ2) is 14.2. The number of halogens is 1. The second-order valence-electron chi connectivity index (χ2n) is 8.63. The van der Waals surface area contributed by atoms with Gasteiger partial charge in [-0.25, -0.2) is 4.39 Å². The van der Waals surface area contributed by atoms with Crippen LogP contribution >= 0.6 is 0 Å². The molecule has 1 fully saturated rings. The van der Waals surface area contributed by atoms with E-state index in [1.165, 1.54) is 12.7 Å². The van der Waals surface area contributed by atoms with E-state index in [4.69, 9.17) is 0 Å². The molecule has 0 saturated heterocycles. The van der Waals surface area contributed by atoms with Crippen LogP contribution in [-0.4, -0.2) is 30.5 Å². The minimum atomic E-state index is -0.864. The van der Waals surface area contributed by atoms with Gasteiger partial charge in [0.1, 0.15) is 6.17 Å². The average Bonchev–Trinajstić information content (AvgIpc) is 3.10. The van der Waals surface area contributed by atoms with Crippen molar-refractivity contribution < 1.29 is 19.0 Å². The molecule has 0 aliphatic heterocycles. The number of esters is 1. The van der Waals surface area contributed by atoms with Crippen LogP contribution < -0.4 is 0 Å². The number of aliphatic hydroxyl groups is 1. The fourth-order valence-corrected chi connectivity index (χ4v) is 4.55. The van der Waals surface area contributed by atoms with Gasteiger partial charge in [-0.3, -0.25) is 4.79 Å². The third-order valence-corrected chi connectivity index (χ3v) is 6.34. The van der Waals surface area contributed by atoms with Crippen LogP contribution in [0.4, 0.5) is 4.39 Å². The van der Waals surface area contributed by atoms with Gasteiger partial charge in [0.25, 0.3) is 0 Å². The first-order valence-corrected chi connectivity index (χ1v) is 11.8. The summed E-state index contributed by atoms with van der Waals surface area (Å²) in [5, 5.41) is 10.4. The molecule has 1 aromatic carbocycles. The third kappa shape index (κ3) is 8.60. The Hall–Kier alpha value is -1.94. The molecule has 1 saturated carbocycles. The molecule has 0 amide bonds. The van der Waals surface area contributed by atoms with E-state index < -0.39 is 12.3 Å². The maximum atomic E-state index is 15.1. The van der Waals surface area contributed by atoms with Crippen molar-refractivity contribution in [1.29, 1.82) is 0 Å². The highest BCUT2D eigenvalue weighted by Crippen LogP contribution is 2.47. The molecule has 1 aliphatic carbocycles. The Morgan fingerprint density at radius 1 is 1.23 bits per heavy atom. The van der Waals surface area contributed by atoms with Gasteiger partial charge in [0, 0.05) is 12.3 Å². The number of allylic oxidation sites excluding steroid dienone is 3. The molecule has 0 heterocycles. The van der Waals surface area contributed by atoms with Crippen LogP contribution in [0.2, 0.25) is 0 Å². The van der Waals surface area contributed by atoms with Gasteiger partial charge in [0.05, 0.1) is 13.2 Å². The Bertz CT molecular complexity index is 685. The smallest absolute Gasteiger partial charge is 0.305 e. The Kier molecular flexibility index (Phi) is 11.6. The number of ether oxygens (including phenoxy) is 1. The molecule has 3 nitrogen and oxygen atoms in total. The van der Waals surface area contributed by atoms with Crippen molar-refractivity contribution in [3.63, 3.8) is 0 Å². The van der Waals surface area contributed by atoms with E-state index in [1.807, 2.05) is 30.4 Å². The van der Waals surface area contributed by atoms with Crippen molar-refractivity contribution in [3.05, 3.63) is 60.2 Å². The Labute approximate surface area is 187 Å². The normalized spacial score (nSPS) is 24.8. The van der Waals surface area contributed by atoms with Crippen LogP contribution in [0.5, 0.6) is 0 Å². The predicted molar refractivity (Wildman–Crippen MR) is 125 cm³/mol. The number of rotatable bonds is 13. The first-order valence-electron chi connectivity index (χ1n) is 11.8. The Balaban J connectivity index is 2.02. The summed E-state index contributed by atoms with van der Waals surface area (Å²) in [5.74, 6) is -0.0893. The van der Waals surface area contributed by atoms with E-state index in [2.05, 4.69) is 35.9 Å². The summed E-state index contributed by atoms with van der Waals surface area (Å²) in [6, 6.07) is 10.2. The van der Waals surface area contributed by atoms with Crippen molar-refractivity contribution in [2.75, 3.05) is 7.11 Å². The summed E-state index contributed by atoms with van der Waals surface area (Å²) in [6.45, 7) is 2.15. The monoisotopic (exact) mass is 430 g/mol. The highest BCUT2D eigenvalue weighted by Gasteiger charge is 2.42. The van der Waals surface area contributed by atoms with Crippen LogP contribution in [0.25, 0.3) is 0 Å². The molecular formula is C27H39FO3. The molecule has 1 aromatic rings. The molecule has 172 valence electrons. The lowest BCUT2D eigenvalue weighted by Crippen LogP contribution is -2.16. The van der Waals surface area contributed by atoms with Crippen molar-refractivity contribution in [3.8, 4) is 0 Å². The number of hydrogen-bond donors (Lipinski definition) is 1. The van der Waals surface area contributed by atoms with Crippen molar-refractivity contribution in [2.45, 2.75) is 82.9 Å². The van der Waals surface area contributed by atoms with E-state index in [9.17, 15) is 9.90 Å². The average molecular weight is 431 g/mol. The number of carbonyl (C=O) groups is 1. The zero-order valence-corrected chi connectivity index (χ0v) is 19.1. The lowest BCUT2D eigenvalue weighted by atomic mass is 9.82. The molecule has 2 rings (SSSR count). The highest BCUT2D eigenvalue weighted by molar-refractivity contribution is 5.69. The van der Waals surface area contributed by atoms with Gasteiger partial charge < -0.3 is 9.84 Å². The lowest BCUT2D eigenvalue weighted by molar-refractivity contribution is -0.140. The van der Waals surface area contributed by atoms with Gasteiger partial charge in [0.15, 0.2) is 0 Å². The zero-order valence-electron chi connectivity index (χ0n) is 19.1. The summed E-state index contributed by atoms with van der Waals surface area (Å²) in [4.78, 5) is 11.2. The van der Waals surface area contributed by atoms with Crippen molar-refractivity contribution >= 4 is 5.97 Å².